The first-order chi connectivity index (χ1) is 9.15. The maximum absolute atomic E-state index is 13.4. The van der Waals surface area contributed by atoms with Crippen molar-refractivity contribution in [3.05, 3.63) is 35.1 Å². The number of halogens is 1. The predicted octanol–water partition coefficient (Wildman–Crippen LogP) is 3.85. The van der Waals surface area contributed by atoms with Crippen molar-refractivity contribution >= 4 is 0 Å². The third-order valence-corrected chi connectivity index (χ3v) is 4.59. The number of hydrazine groups is 1. The molecule has 106 valence electrons. The molecule has 3 heteroatoms. The third kappa shape index (κ3) is 3.34. The van der Waals surface area contributed by atoms with Crippen molar-refractivity contribution in [1.82, 2.24) is 5.43 Å². The van der Waals surface area contributed by atoms with E-state index in [0.29, 0.717) is 11.5 Å². The van der Waals surface area contributed by atoms with E-state index in [0.717, 1.165) is 11.5 Å². The minimum absolute atomic E-state index is 0.144. The van der Waals surface area contributed by atoms with E-state index in [9.17, 15) is 4.39 Å². The van der Waals surface area contributed by atoms with Crippen molar-refractivity contribution < 1.29 is 4.39 Å². The van der Waals surface area contributed by atoms with Crippen LogP contribution in [0.5, 0.6) is 0 Å². The van der Waals surface area contributed by atoms with Crippen LogP contribution in [-0.4, -0.2) is 0 Å². The smallest absolute Gasteiger partial charge is 0.126 e. The van der Waals surface area contributed by atoms with E-state index in [1.165, 1.54) is 32.1 Å². The molecule has 2 rings (SSSR count). The molecule has 0 radical (unpaired) electrons. The lowest BCUT2D eigenvalue weighted by molar-refractivity contribution is 0.210. The van der Waals surface area contributed by atoms with Crippen molar-refractivity contribution in [3.63, 3.8) is 0 Å². The summed E-state index contributed by atoms with van der Waals surface area (Å²) < 4.78 is 13.4. The van der Waals surface area contributed by atoms with E-state index in [1.54, 1.807) is 6.07 Å². The molecular weight excluding hydrogens is 239 g/mol. The number of nitrogens with two attached hydrogens (primary N) is 1. The Hall–Kier alpha value is -0.930. The fourth-order valence-electron chi connectivity index (χ4n) is 3.37. The monoisotopic (exact) mass is 264 g/mol. The molecule has 0 heterocycles. The van der Waals surface area contributed by atoms with Crippen LogP contribution >= 0.6 is 0 Å². The molecule has 0 bridgehead atoms. The number of benzene rings is 1. The van der Waals surface area contributed by atoms with Gasteiger partial charge in [0.2, 0.25) is 0 Å². The summed E-state index contributed by atoms with van der Waals surface area (Å²) in [6.07, 6.45) is 6.30. The summed E-state index contributed by atoms with van der Waals surface area (Å²) in [5.41, 5.74) is 4.77. The highest BCUT2D eigenvalue weighted by Gasteiger charge is 2.28. The minimum Gasteiger partial charge on any atom is -0.271 e. The van der Waals surface area contributed by atoms with Crippen LogP contribution in [0.3, 0.4) is 0 Å². The van der Waals surface area contributed by atoms with Gasteiger partial charge in [-0.3, -0.25) is 11.3 Å². The Morgan fingerprint density at radius 3 is 2.84 bits per heavy atom. The molecule has 0 saturated heterocycles. The Labute approximate surface area is 115 Å². The molecule has 1 aromatic carbocycles. The highest BCUT2D eigenvalue weighted by molar-refractivity contribution is 5.27. The fraction of sp³-hybridized carbons (Fsp3) is 0.625. The van der Waals surface area contributed by atoms with Gasteiger partial charge >= 0.3 is 0 Å². The van der Waals surface area contributed by atoms with Gasteiger partial charge in [-0.2, -0.15) is 0 Å². The largest absolute Gasteiger partial charge is 0.271 e. The molecule has 0 aromatic heterocycles. The van der Waals surface area contributed by atoms with Gasteiger partial charge in [0.1, 0.15) is 5.82 Å². The van der Waals surface area contributed by atoms with Crippen LogP contribution in [0.15, 0.2) is 18.2 Å². The topological polar surface area (TPSA) is 38.0 Å². The summed E-state index contributed by atoms with van der Waals surface area (Å²) >= 11 is 0. The van der Waals surface area contributed by atoms with Crippen LogP contribution in [0.4, 0.5) is 4.39 Å². The molecule has 1 fully saturated rings. The normalized spacial score (nSPS) is 25.3. The van der Waals surface area contributed by atoms with Crippen LogP contribution in [0.25, 0.3) is 0 Å². The zero-order valence-corrected chi connectivity index (χ0v) is 12.0. The lowest BCUT2D eigenvalue weighted by Gasteiger charge is -2.34. The van der Waals surface area contributed by atoms with Crippen molar-refractivity contribution in [1.29, 1.82) is 0 Å². The van der Waals surface area contributed by atoms with Crippen LogP contribution in [0.1, 0.15) is 56.2 Å². The third-order valence-electron chi connectivity index (χ3n) is 4.59. The van der Waals surface area contributed by atoms with Gasteiger partial charge in [-0.05, 0) is 48.8 Å². The summed E-state index contributed by atoms with van der Waals surface area (Å²) in [5.74, 6) is 7.00. The molecule has 3 N–H and O–H groups in total. The maximum atomic E-state index is 13.4. The van der Waals surface area contributed by atoms with Crippen LogP contribution in [0, 0.1) is 24.6 Å². The average Bonchev–Trinajstić information content (AvgIpc) is 2.44. The zero-order valence-electron chi connectivity index (χ0n) is 12.0. The summed E-state index contributed by atoms with van der Waals surface area (Å²) in [7, 11) is 0. The molecule has 2 nitrogen and oxygen atoms in total. The zero-order chi connectivity index (χ0) is 13.8. The lowest BCUT2D eigenvalue weighted by Crippen LogP contribution is -2.35. The lowest BCUT2D eigenvalue weighted by atomic mass is 9.75. The van der Waals surface area contributed by atoms with Gasteiger partial charge in [0, 0.05) is 6.04 Å². The fourth-order valence-corrected chi connectivity index (χ4v) is 3.37. The Balaban J connectivity index is 2.16. The summed E-state index contributed by atoms with van der Waals surface area (Å²) in [4.78, 5) is 0. The molecular formula is C16H25FN2. The molecule has 1 aliphatic rings. The Morgan fingerprint density at radius 2 is 2.21 bits per heavy atom. The van der Waals surface area contributed by atoms with Gasteiger partial charge in [-0.1, -0.05) is 38.3 Å². The number of aryl methyl sites for hydroxylation is 1. The molecule has 0 amide bonds. The van der Waals surface area contributed by atoms with E-state index in [-0.39, 0.29) is 11.9 Å². The quantitative estimate of drug-likeness (QED) is 0.640. The van der Waals surface area contributed by atoms with Gasteiger partial charge in [-0.15, -0.1) is 0 Å². The minimum atomic E-state index is -0.144. The van der Waals surface area contributed by atoms with Crippen molar-refractivity contribution in [2.75, 3.05) is 0 Å². The van der Waals surface area contributed by atoms with Gasteiger partial charge in [-0.25, -0.2) is 4.39 Å². The predicted molar refractivity (Wildman–Crippen MR) is 76.9 cm³/mol. The molecule has 19 heavy (non-hydrogen) atoms. The standard InChI is InChI=1S/C16H25FN2/c1-3-12-5-4-6-13(10-12)16(19-18)14-7-8-15(17)11(2)9-14/h7-9,12-13,16,19H,3-6,10,18H2,1-2H3. The van der Waals surface area contributed by atoms with Gasteiger partial charge in [0.25, 0.3) is 0 Å². The van der Waals surface area contributed by atoms with Crippen LogP contribution < -0.4 is 11.3 Å². The SMILES string of the molecule is CCC1CCCC(C(NN)c2ccc(F)c(C)c2)C1. The van der Waals surface area contributed by atoms with Crippen LogP contribution in [0.2, 0.25) is 0 Å². The number of hydrogen-bond acceptors (Lipinski definition) is 2. The summed E-state index contributed by atoms with van der Waals surface area (Å²) in [6, 6.07) is 5.49. The number of nitrogens with one attached hydrogen (secondary N) is 1. The molecule has 1 aliphatic carbocycles. The van der Waals surface area contributed by atoms with E-state index in [1.807, 2.05) is 19.1 Å². The summed E-state index contributed by atoms with van der Waals surface area (Å²) in [6.45, 7) is 4.07. The number of rotatable bonds is 4. The van der Waals surface area contributed by atoms with Crippen molar-refractivity contribution in [2.24, 2.45) is 17.7 Å². The van der Waals surface area contributed by atoms with Gasteiger partial charge < -0.3 is 0 Å². The van der Waals surface area contributed by atoms with Crippen molar-refractivity contribution in [2.45, 2.75) is 52.0 Å². The number of hydrogen-bond donors (Lipinski definition) is 2. The highest BCUT2D eigenvalue weighted by atomic mass is 19.1. The Kier molecular flexibility index (Phi) is 4.94. The van der Waals surface area contributed by atoms with Gasteiger partial charge in [0.15, 0.2) is 0 Å². The highest BCUT2D eigenvalue weighted by Crippen LogP contribution is 2.38. The maximum Gasteiger partial charge on any atom is 0.126 e. The summed E-state index contributed by atoms with van der Waals surface area (Å²) in [5, 5.41) is 0. The van der Waals surface area contributed by atoms with E-state index in [2.05, 4.69) is 12.3 Å². The molecule has 1 saturated carbocycles. The van der Waals surface area contributed by atoms with Crippen LogP contribution in [-0.2, 0) is 0 Å². The average molecular weight is 264 g/mol. The molecule has 3 unspecified atom stereocenters. The first kappa shape index (κ1) is 14.5. The van der Waals surface area contributed by atoms with E-state index < -0.39 is 0 Å². The second kappa shape index (κ2) is 6.49. The first-order valence-corrected chi connectivity index (χ1v) is 7.37. The molecule has 3 atom stereocenters. The second-order valence-electron chi connectivity index (χ2n) is 5.85. The molecule has 0 aliphatic heterocycles. The van der Waals surface area contributed by atoms with Gasteiger partial charge in [0.05, 0.1) is 0 Å². The van der Waals surface area contributed by atoms with E-state index in [4.69, 9.17) is 5.84 Å². The Morgan fingerprint density at radius 1 is 1.42 bits per heavy atom. The first-order valence-electron chi connectivity index (χ1n) is 7.37. The molecule has 1 aromatic rings. The Bertz CT molecular complexity index is 419. The molecule has 0 spiro atoms. The van der Waals surface area contributed by atoms with E-state index >= 15 is 0 Å². The second-order valence-corrected chi connectivity index (χ2v) is 5.85. The van der Waals surface area contributed by atoms with Crippen molar-refractivity contribution in [3.8, 4) is 0 Å².